The highest BCUT2D eigenvalue weighted by atomic mass is 16.3. The molecular weight excluding hydrogens is 314 g/mol. The van der Waals surface area contributed by atoms with Gasteiger partial charge in [0.05, 0.1) is 18.6 Å². The summed E-state index contributed by atoms with van der Waals surface area (Å²) >= 11 is 0. The molecule has 2 fully saturated rings. The Morgan fingerprint density at radius 2 is 1.92 bits per heavy atom. The molecule has 132 valence electrons. The lowest BCUT2D eigenvalue weighted by Crippen LogP contribution is -2.64. The first-order chi connectivity index (χ1) is 12.1. The second-order valence-electron chi connectivity index (χ2n) is 7.37. The molecule has 0 bridgehead atoms. The summed E-state index contributed by atoms with van der Waals surface area (Å²) in [5.74, 6) is 2.16. The number of carbonyl (C=O) groups is 1. The molecule has 1 aromatic carbocycles. The zero-order valence-corrected chi connectivity index (χ0v) is 14.9. The summed E-state index contributed by atoms with van der Waals surface area (Å²) in [6.07, 6.45) is 1.07. The number of likely N-dealkylation sites (tertiary alicyclic amines) is 1. The van der Waals surface area contributed by atoms with Crippen molar-refractivity contribution in [2.75, 3.05) is 38.1 Å². The predicted octanol–water partition coefficient (Wildman–Crippen LogP) is 2.51. The van der Waals surface area contributed by atoms with Crippen molar-refractivity contribution in [1.82, 2.24) is 9.80 Å². The molecule has 3 heterocycles. The van der Waals surface area contributed by atoms with Crippen molar-refractivity contribution in [3.8, 4) is 0 Å². The van der Waals surface area contributed by atoms with Gasteiger partial charge in [0.2, 0.25) is 5.91 Å². The van der Waals surface area contributed by atoms with Crippen LogP contribution in [0.25, 0.3) is 0 Å². The Bertz CT molecular complexity index is 757. The Hall–Kier alpha value is -2.11. The van der Waals surface area contributed by atoms with E-state index in [2.05, 4.69) is 22.9 Å². The maximum atomic E-state index is 12.6. The van der Waals surface area contributed by atoms with E-state index in [0.29, 0.717) is 6.54 Å². The molecule has 0 N–H and O–H groups in total. The van der Waals surface area contributed by atoms with Gasteiger partial charge >= 0.3 is 0 Å². The van der Waals surface area contributed by atoms with Crippen LogP contribution in [-0.4, -0.2) is 54.5 Å². The number of aryl methyl sites for hydroxylation is 1. The third-order valence-corrected chi connectivity index (χ3v) is 5.59. The number of amides is 1. The van der Waals surface area contributed by atoms with Gasteiger partial charge in [-0.1, -0.05) is 18.2 Å². The fraction of sp³-hybridized carbons (Fsp3) is 0.450. The fourth-order valence-corrected chi connectivity index (χ4v) is 4.11. The second-order valence-corrected chi connectivity index (χ2v) is 7.37. The smallest absolute Gasteiger partial charge is 0.241 e. The van der Waals surface area contributed by atoms with Gasteiger partial charge in [-0.3, -0.25) is 14.6 Å². The topological polar surface area (TPSA) is 39.9 Å². The largest absolute Gasteiger partial charge is 0.465 e. The summed E-state index contributed by atoms with van der Waals surface area (Å²) in [5, 5.41) is 0. The van der Waals surface area contributed by atoms with Gasteiger partial charge in [-0.2, -0.15) is 0 Å². The summed E-state index contributed by atoms with van der Waals surface area (Å²) in [4.78, 5) is 19.2. The number of hydrogen-bond donors (Lipinski definition) is 0. The zero-order chi connectivity index (χ0) is 17.4. The van der Waals surface area contributed by atoms with Crippen LogP contribution < -0.4 is 4.90 Å². The van der Waals surface area contributed by atoms with Gasteiger partial charge in [-0.05, 0) is 44.7 Å². The summed E-state index contributed by atoms with van der Waals surface area (Å²) in [7, 11) is 2.08. The molecule has 2 aliphatic rings. The van der Waals surface area contributed by atoms with E-state index in [1.54, 1.807) is 0 Å². The lowest BCUT2D eigenvalue weighted by Gasteiger charge is -2.47. The number of carbonyl (C=O) groups excluding carboxylic acids is 1. The van der Waals surface area contributed by atoms with Crippen molar-refractivity contribution in [2.45, 2.75) is 25.4 Å². The number of hydrogen-bond acceptors (Lipinski definition) is 4. The third-order valence-electron chi connectivity index (χ3n) is 5.59. The number of benzene rings is 1. The zero-order valence-electron chi connectivity index (χ0n) is 14.9. The molecule has 5 heteroatoms. The number of piperazine rings is 1. The minimum absolute atomic E-state index is 0.0192. The van der Waals surface area contributed by atoms with E-state index in [0.717, 1.165) is 49.8 Å². The minimum atomic E-state index is 0.0192. The predicted molar refractivity (Wildman–Crippen MR) is 97.5 cm³/mol. The Labute approximate surface area is 148 Å². The maximum Gasteiger partial charge on any atom is 0.241 e. The third kappa shape index (κ3) is 3.10. The van der Waals surface area contributed by atoms with Crippen LogP contribution in [0.15, 0.2) is 46.9 Å². The quantitative estimate of drug-likeness (QED) is 0.861. The highest BCUT2D eigenvalue weighted by Gasteiger charge is 2.47. The van der Waals surface area contributed by atoms with Crippen LogP contribution in [0.1, 0.15) is 17.9 Å². The van der Waals surface area contributed by atoms with E-state index in [-0.39, 0.29) is 11.4 Å². The molecule has 1 atom stereocenters. The van der Waals surface area contributed by atoms with Crippen molar-refractivity contribution in [3.05, 3.63) is 54.0 Å². The molecule has 2 aliphatic heterocycles. The van der Waals surface area contributed by atoms with E-state index in [9.17, 15) is 4.79 Å². The summed E-state index contributed by atoms with van der Waals surface area (Å²) < 4.78 is 5.74. The SMILES string of the molecule is Cc1ccc(CN2CC[C@]3(C2)CN(c2ccccc2)C(=O)CN3C)o1. The second kappa shape index (κ2) is 6.32. The number of nitrogens with zero attached hydrogens (tertiary/aromatic N) is 3. The fourth-order valence-electron chi connectivity index (χ4n) is 4.11. The van der Waals surface area contributed by atoms with E-state index in [1.807, 2.05) is 48.2 Å². The van der Waals surface area contributed by atoms with Crippen LogP contribution in [0.3, 0.4) is 0 Å². The molecule has 1 amide bonds. The highest BCUT2D eigenvalue weighted by molar-refractivity contribution is 5.96. The minimum Gasteiger partial charge on any atom is -0.465 e. The molecule has 1 aromatic heterocycles. The highest BCUT2D eigenvalue weighted by Crippen LogP contribution is 2.34. The number of para-hydroxylation sites is 1. The van der Waals surface area contributed by atoms with Crippen LogP contribution >= 0.6 is 0 Å². The van der Waals surface area contributed by atoms with Gasteiger partial charge in [-0.15, -0.1) is 0 Å². The average molecular weight is 339 g/mol. The van der Waals surface area contributed by atoms with Crippen LogP contribution in [0.2, 0.25) is 0 Å². The van der Waals surface area contributed by atoms with Crippen LogP contribution in [-0.2, 0) is 11.3 Å². The molecule has 0 radical (unpaired) electrons. The van der Waals surface area contributed by atoms with Crippen LogP contribution in [0, 0.1) is 6.92 Å². The first-order valence-corrected chi connectivity index (χ1v) is 8.90. The Kier molecular flexibility index (Phi) is 4.13. The lowest BCUT2D eigenvalue weighted by molar-refractivity contribution is -0.123. The monoisotopic (exact) mass is 339 g/mol. The molecule has 25 heavy (non-hydrogen) atoms. The Balaban J connectivity index is 1.51. The first kappa shape index (κ1) is 16.4. The average Bonchev–Trinajstić information content (AvgIpc) is 3.20. The van der Waals surface area contributed by atoms with Crippen molar-refractivity contribution in [3.63, 3.8) is 0 Å². The normalized spacial score (nSPS) is 25.2. The van der Waals surface area contributed by atoms with Crippen LogP contribution in [0.5, 0.6) is 0 Å². The van der Waals surface area contributed by atoms with E-state index >= 15 is 0 Å². The molecule has 2 saturated heterocycles. The first-order valence-electron chi connectivity index (χ1n) is 8.90. The molecule has 0 saturated carbocycles. The maximum absolute atomic E-state index is 12.6. The molecule has 0 aliphatic carbocycles. The van der Waals surface area contributed by atoms with Gasteiger partial charge in [0.1, 0.15) is 11.5 Å². The summed E-state index contributed by atoms with van der Waals surface area (Å²) in [6.45, 7) is 6.03. The van der Waals surface area contributed by atoms with Crippen molar-refractivity contribution in [2.24, 2.45) is 0 Å². The molecule has 5 nitrogen and oxygen atoms in total. The Morgan fingerprint density at radius 3 is 2.64 bits per heavy atom. The standard InChI is InChI=1S/C20H25N3O2/c1-16-8-9-18(25-16)12-22-11-10-20(14-22)15-23(19(24)13-21(20)2)17-6-4-3-5-7-17/h3-9H,10-15H2,1-2H3/t20-/m0/s1. The number of likely N-dealkylation sites (N-methyl/N-ethyl adjacent to an activating group) is 1. The lowest BCUT2D eigenvalue weighted by atomic mass is 9.92. The van der Waals surface area contributed by atoms with Gasteiger partial charge < -0.3 is 9.32 Å². The number of rotatable bonds is 3. The molecule has 2 aromatic rings. The van der Waals surface area contributed by atoms with Gasteiger partial charge in [0.25, 0.3) is 0 Å². The van der Waals surface area contributed by atoms with Crippen molar-refractivity contribution < 1.29 is 9.21 Å². The molecule has 1 spiro atoms. The molecular formula is C20H25N3O2. The number of anilines is 1. The van der Waals surface area contributed by atoms with E-state index < -0.39 is 0 Å². The van der Waals surface area contributed by atoms with Crippen molar-refractivity contribution in [1.29, 1.82) is 0 Å². The summed E-state index contributed by atoms with van der Waals surface area (Å²) in [5.41, 5.74) is 1.02. The Morgan fingerprint density at radius 1 is 1.12 bits per heavy atom. The van der Waals surface area contributed by atoms with Crippen molar-refractivity contribution >= 4 is 11.6 Å². The molecule has 0 unspecified atom stereocenters. The van der Waals surface area contributed by atoms with Crippen LogP contribution in [0.4, 0.5) is 5.69 Å². The van der Waals surface area contributed by atoms with Gasteiger partial charge in [-0.25, -0.2) is 0 Å². The van der Waals surface area contributed by atoms with E-state index in [1.165, 1.54) is 0 Å². The van der Waals surface area contributed by atoms with E-state index in [4.69, 9.17) is 4.42 Å². The van der Waals surface area contributed by atoms with Gasteiger partial charge in [0.15, 0.2) is 0 Å². The molecule has 4 rings (SSSR count). The summed E-state index contributed by atoms with van der Waals surface area (Å²) in [6, 6.07) is 14.1. The number of furan rings is 1. The van der Waals surface area contributed by atoms with Gasteiger partial charge in [0, 0.05) is 25.3 Å².